The van der Waals surface area contributed by atoms with E-state index in [0.29, 0.717) is 17.9 Å². The van der Waals surface area contributed by atoms with E-state index in [0.717, 1.165) is 19.4 Å². The van der Waals surface area contributed by atoms with Gasteiger partial charge in [0.25, 0.3) is 0 Å². The summed E-state index contributed by atoms with van der Waals surface area (Å²) in [7, 11) is -3.27. The van der Waals surface area contributed by atoms with E-state index in [-0.39, 0.29) is 30.0 Å². The molecule has 124 valence electrons. The molecule has 0 radical (unpaired) electrons. The first kappa shape index (κ1) is 18.7. The molecule has 22 heavy (non-hydrogen) atoms. The summed E-state index contributed by atoms with van der Waals surface area (Å²) in [6.45, 7) is 3.26. The van der Waals surface area contributed by atoms with Crippen LogP contribution in [-0.4, -0.2) is 33.2 Å². The number of sulfonamides is 1. The van der Waals surface area contributed by atoms with Gasteiger partial charge in [-0.05, 0) is 50.6 Å². The fourth-order valence-corrected chi connectivity index (χ4v) is 2.83. The van der Waals surface area contributed by atoms with E-state index < -0.39 is 10.0 Å². The van der Waals surface area contributed by atoms with Crippen LogP contribution in [0.25, 0.3) is 0 Å². The van der Waals surface area contributed by atoms with E-state index in [9.17, 15) is 13.2 Å². The van der Waals surface area contributed by atoms with Gasteiger partial charge in [-0.1, -0.05) is 0 Å². The molecule has 1 fully saturated rings. The van der Waals surface area contributed by atoms with Crippen molar-refractivity contribution < 1.29 is 13.2 Å². The van der Waals surface area contributed by atoms with E-state index in [1.165, 1.54) is 0 Å². The third-order valence-electron chi connectivity index (χ3n) is 3.47. The van der Waals surface area contributed by atoms with Crippen molar-refractivity contribution in [2.24, 2.45) is 5.92 Å². The molecule has 2 rings (SSSR count). The number of nitrogens with one attached hydrogen (secondary N) is 3. The summed E-state index contributed by atoms with van der Waals surface area (Å²) < 4.78 is 25.4. The lowest BCUT2D eigenvalue weighted by molar-refractivity contribution is -0.120. The highest BCUT2D eigenvalue weighted by Crippen LogP contribution is 2.17. The second-order valence-corrected chi connectivity index (χ2v) is 7.13. The Labute approximate surface area is 137 Å². The predicted molar refractivity (Wildman–Crippen MR) is 91.0 cm³/mol. The molecular formula is C14H22ClN3O3S. The number of hydrogen-bond donors (Lipinski definition) is 3. The third-order valence-corrected chi connectivity index (χ3v) is 4.78. The van der Waals surface area contributed by atoms with Crippen LogP contribution >= 0.6 is 12.4 Å². The van der Waals surface area contributed by atoms with Crippen molar-refractivity contribution >= 4 is 39.7 Å². The van der Waals surface area contributed by atoms with Gasteiger partial charge in [-0.3, -0.25) is 9.52 Å². The first-order valence-corrected chi connectivity index (χ1v) is 8.77. The minimum absolute atomic E-state index is 0. The lowest BCUT2D eigenvalue weighted by Crippen LogP contribution is -2.37. The summed E-state index contributed by atoms with van der Waals surface area (Å²) in [5, 5.41) is 6.06. The van der Waals surface area contributed by atoms with Crippen LogP contribution in [0.3, 0.4) is 0 Å². The van der Waals surface area contributed by atoms with Gasteiger partial charge in [0, 0.05) is 17.9 Å². The van der Waals surface area contributed by atoms with Crippen LogP contribution in [0.1, 0.15) is 19.8 Å². The second kappa shape index (κ2) is 8.36. The zero-order chi connectivity index (χ0) is 15.3. The molecule has 0 aromatic heterocycles. The van der Waals surface area contributed by atoms with Crippen LogP contribution in [0.15, 0.2) is 24.3 Å². The minimum atomic E-state index is -3.27. The Morgan fingerprint density at radius 1 is 1.27 bits per heavy atom. The lowest BCUT2D eigenvalue weighted by Gasteiger charge is -2.21. The first-order chi connectivity index (χ1) is 10.00. The van der Waals surface area contributed by atoms with Gasteiger partial charge in [0.15, 0.2) is 0 Å². The number of hydrogen-bond acceptors (Lipinski definition) is 4. The Hall–Kier alpha value is -1.31. The summed E-state index contributed by atoms with van der Waals surface area (Å²) in [6, 6.07) is 6.67. The predicted octanol–water partition coefficient (Wildman–Crippen LogP) is 1.81. The monoisotopic (exact) mass is 347 g/mol. The zero-order valence-corrected chi connectivity index (χ0v) is 14.1. The minimum Gasteiger partial charge on any atom is -0.326 e. The summed E-state index contributed by atoms with van der Waals surface area (Å²) in [4.78, 5) is 12.1. The summed E-state index contributed by atoms with van der Waals surface area (Å²) in [5.74, 6) is 0.0290. The molecule has 0 unspecified atom stereocenters. The summed E-state index contributed by atoms with van der Waals surface area (Å²) in [5.41, 5.74) is 1.17. The van der Waals surface area contributed by atoms with Gasteiger partial charge < -0.3 is 10.6 Å². The van der Waals surface area contributed by atoms with Crippen molar-refractivity contribution in [3.8, 4) is 0 Å². The third kappa shape index (κ3) is 5.47. The van der Waals surface area contributed by atoms with Crippen molar-refractivity contribution in [3.05, 3.63) is 24.3 Å². The SMILES string of the molecule is CCS(=O)(=O)Nc1ccc(NC(=O)[C@@H]2CCCNC2)cc1.Cl. The number of carbonyl (C=O) groups is 1. The van der Waals surface area contributed by atoms with Crippen LogP contribution in [0.2, 0.25) is 0 Å². The lowest BCUT2D eigenvalue weighted by atomic mass is 9.99. The fourth-order valence-electron chi connectivity index (χ4n) is 2.19. The van der Waals surface area contributed by atoms with Crippen molar-refractivity contribution in [2.75, 3.05) is 28.9 Å². The number of rotatable bonds is 5. The number of amides is 1. The Bertz CT molecular complexity index is 584. The Morgan fingerprint density at radius 2 is 1.91 bits per heavy atom. The molecule has 1 atom stereocenters. The van der Waals surface area contributed by atoms with E-state index >= 15 is 0 Å². The maximum atomic E-state index is 12.1. The van der Waals surface area contributed by atoms with Gasteiger partial charge in [-0.15, -0.1) is 12.4 Å². The molecule has 1 aromatic carbocycles. The van der Waals surface area contributed by atoms with E-state index in [4.69, 9.17) is 0 Å². The van der Waals surface area contributed by atoms with Crippen molar-refractivity contribution in [1.29, 1.82) is 0 Å². The van der Waals surface area contributed by atoms with Gasteiger partial charge in [-0.25, -0.2) is 8.42 Å². The molecule has 3 N–H and O–H groups in total. The highest BCUT2D eigenvalue weighted by Gasteiger charge is 2.20. The van der Waals surface area contributed by atoms with Gasteiger partial charge in [-0.2, -0.15) is 0 Å². The standard InChI is InChI=1S/C14H21N3O3S.ClH/c1-2-21(19,20)17-13-7-5-12(6-8-13)16-14(18)11-4-3-9-15-10-11;/h5-8,11,15,17H,2-4,9-10H2,1H3,(H,16,18);1H/t11-;/m1./s1. The van der Waals surface area contributed by atoms with E-state index in [1.807, 2.05) is 0 Å². The molecule has 1 amide bonds. The van der Waals surface area contributed by atoms with Crippen LogP contribution in [0.5, 0.6) is 0 Å². The second-order valence-electron chi connectivity index (χ2n) is 5.12. The fraction of sp³-hybridized carbons (Fsp3) is 0.500. The smallest absolute Gasteiger partial charge is 0.232 e. The largest absolute Gasteiger partial charge is 0.326 e. The molecule has 1 heterocycles. The van der Waals surface area contributed by atoms with Crippen molar-refractivity contribution in [1.82, 2.24) is 5.32 Å². The van der Waals surface area contributed by atoms with E-state index in [1.54, 1.807) is 31.2 Å². The molecule has 1 saturated heterocycles. The van der Waals surface area contributed by atoms with Gasteiger partial charge in [0.1, 0.15) is 0 Å². The molecule has 1 aromatic rings. The molecule has 6 nitrogen and oxygen atoms in total. The molecule has 1 aliphatic rings. The molecule has 0 bridgehead atoms. The van der Waals surface area contributed by atoms with Crippen molar-refractivity contribution in [2.45, 2.75) is 19.8 Å². The quantitative estimate of drug-likeness (QED) is 0.758. The summed E-state index contributed by atoms with van der Waals surface area (Å²) in [6.07, 6.45) is 1.91. The number of carbonyl (C=O) groups excluding carboxylic acids is 1. The topological polar surface area (TPSA) is 87.3 Å². The molecule has 0 aliphatic carbocycles. The number of benzene rings is 1. The Balaban J connectivity index is 0.00000242. The van der Waals surface area contributed by atoms with Gasteiger partial charge in [0.2, 0.25) is 15.9 Å². The highest BCUT2D eigenvalue weighted by atomic mass is 35.5. The number of anilines is 2. The van der Waals surface area contributed by atoms with E-state index in [2.05, 4.69) is 15.4 Å². The Morgan fingerprint density at radius 3 is 2.45 bits per heavy atom. The van der Waals surface area contributed by atoms with Crippen LogP contribution < -0.4 is 15.4 Å². The molecule has 0 saturated carbocycles. The molecule has 8 heteroatoms. The maximum Gasteiger partial charge on any atom is 0.232 e. The maximum absolute atomic E-state index is 12.1. The summed E-state index contributed by atoms with van der Waals surface area (Å²) >= 11 is 0. The van der Waals surface area contributed by atoms with Crippen LogP contribution in [0, 0.1) is 5.92 Å². The number of halogens is 1. The van der Waals surface area contributed by atoms with Crippen LogP contribution in [-0.2, 0) is 14.8 Å². The Kier molecular flexibility index (Phi) is 7.12. The normalized spacial score (nSPS) is 18.1. The molecule has 0 spiro atoms. The average molecular weight is 348 g/mol. The highest BCUT2D eigenvalue weighted by molar-refractivity contribution is 7.92. The van der Waals surface area contributed by atoms with Gasteiger partial charge in [0.05, 0.1) is 11.7 Å². The van der Waals surface area contributed by atoms with Crippen molar-refractivity contribution in [3.63, 3.8) is 0 Å². The molecule has 1 aliphatic heterocycles. The molecular weight excluding hydrogens is 326 g/mol. The first-order valence-electron chi connectivity index (χ1n) is 7.12. The van der Waals surface area contributed by atoms with Crippen LogP contribution in [0.4, 0.5) is 11.4 Å². The number of piperidine rings is 1. The average Bonchev–Trinajstić information content (AvgIpc) is 2.50. The zero-order valence-electron chi connectivity index (χ0n) is 12.5. The van der Waals surface area contributed by atoms with Gasteiger partial charge >= 0.3 is 0 Å².